The molecule has 1 heterocycles. The van der Waals surface area contributed by atoms with E-state index in [-0.39, 0.29) is 12.1 Å². The monoisotopic (exact) mass is 225 g/mol. The highest BCUT2D eigenvalue weighted by Crippen LogP contribution is 2.31. The van der Waals surface area contributed by atoms with Crippen molar-refractivity contribution in [3.05, 3.63) is 0 Å². The van der Waals surface area contributed by atoms with E-state index in [9.17, 15) is 9.90 Å². The summed E-state index contributed by atoms with van der Waals surface area (Å²) in [5.41, 5.74) is 2.85. The first-order chi connectivity index (χ1) is 7.83. The average Bonchev–Trinajstić information content (AvgIpc) is 2.33. The van der Waals surface area contributed by atoms with Crippen LogP contribution in [0.1, 0.15) is 25.7 Å². The molecule has 1 saturated carbocycles. The van der Waals surface area contributed by atoms with Gasteiger partial charge in [0.15, 0.2) is 6.29 Å². The Hall–Kier alpha value is -0.940. The number of aldehydes is 1. The molecule has 2 aliphatic rings. The summed E-state index contributed by atoms with van der Waals surface area (Å²) in [6.07, 6.45) is 5.83. The molecular formula is C11H19N3O2. The number of hydrogen-bond acceptors (Lipinski definition) is 5. The normalized spacial score (nSPS) is 39.3. The zero-order valence-electron chi connectivity index (χ0n) is 9.30. The zero-order chi connectivity index (χ0) is 11.4. The van der Waals surface area contributed by atoms with Crippen LogP contribution in [-0.4, -0.2) is 42.3 Å². The van der Waals surface area contributed by atoms with Gasteiger partial charge in [-0.25, -0.2) is 0 Å². The SMILES string of the molecule is O=CC=NNC1CCC2CCCNC2C1O. The van der Waals surface area contributed by atoms with Crippen molar-refractivity contribution in [1.29, 1.82) is 0 Å². The number of aliphatic hydroxyl groups excluding tert-OH is 1. The third-order valence-electron chi connectivity index (χ3n) is 3.64. The Balaban J connectivity index is 1.91. The van der Waals surface area contributed by atoms with Crippen LogP contribution in [0.3, 0.4) is 0 Å². The van der Waals surface area contributed by atoms with Gasteiger partial charge in [-0.1, -0.05) is 0 Å². The van der Waals surface area contributed by atoms with E-state index in [0.29, 0.717) is 12.2 Å². The Kier molecular flexibility index (Phi) is 3.90. The summed E-state index contributed by atoms with van der Waals surface area (Å²) in [6, 6.07) is 0.148. The Morgan fingerprint density at radius 1 is 1.38 bits per heavy atom. The maximum absolute atomic E-state index is 10.2. The largest absolute Gasteiger partial charge is 0.389 e. The van der Waals surface area contributed by atoms with Gasteiger partial charge in [0.25, 0.3) is 0 Å². The summed E-state index contributed by atoms with van der Waals surface area (Å²) in [5.74, 6) is 0.594. The van der Waals surface area contributed by atoms with Crippen LogP contribution in [0.25, 0.3) is 0 Å². The highest BCUT2D eigenvalue weighted by molar-refractivity contribution is 6.12. The molecule has 4 unspecified atom stereocenters. The molecule has 0 spiro atoms. The van der Waals surface area contributed by atoms with E-state index in [4.69, 9.17) is 0 Å². The minimum absolute atomic E-state index is 0.0388. The molecule has 0 aromatic rings. The molecule has 2 fully saturated rings. The van der Waals surface area contributed by atoms with Gasteiger partial charge in [0.05, 0.1) is 18.4 Å². The number of rotatable bonds is 3. The first-order valence-electron chi connectivity index (χ1n) is 5.96. The number of fused-ring (bicyclic) bond motifs is 1. The molecule has 1 saturated heterocycles. The summed E-state index contributed by atoms with van der Waals surface area (Å²) < 4.78 is 0. The summed E-state index contributed by atoms with van der Waals surface area (Å²) in [6.45, 7) is 0.989. The first-order valence-corrected chi connectivity index (χ1v) is 5.96. The molecule has 3 N–H and O–H groups in total. The summed E-state index contributed by atoms with van der Waals surface area (Å²) in [7, 11) is 0. The highest BCUT2D eigenvalue weighted by Gasteiger charge is 2.39. The highest BCUT2D eigenvalue weighted by atomic mass is 16.3. The van der Waals surface area contributed by atoms with Crippen molar-refractivity contribution in [3.63, 3.8) is 0 Å². The van der Waals surface area contributed by atoms with Gasteiger partial charge in [0.2, 0.25) is 0 Å². The molecule has 0 aromatic heterocycles. The van der Waals surface area contributed by atoms with E-state index in [1.165, 1.54) is 19.1 Å². The third-order valence-corrected chi connectivity index (χ3v) is 3.64. The van der Waals surface area contributed by atoms with Crippen LogP contribution in [0.15, 0.2) is 5.10 Å². The third kappa shape index (κ3) is 2.41. The van der Waals surface area contributed by atoms with Gasteiger partial charge >= 0.3 is 0 Å². The molecule has 0 radical (unpaired) electrons. The van der Waals surface area contributed by atoms with E-state index >= 15 is 0 Å². The number of nitrogens with zero attached hydrogens (tertiary/aromatic N) is 1. The second kappa shape index (κ2) is 5.41. The van der Waals surface area contributed by atoms with Crippen molar-refractivity contribution < 1.29 is 9.90 Å². The van der Waals surface area contributed by atoms with Crippen LogP contribution in [-0.2, 0) is 4.79 Å². The lowest BCUT2D eigenvalue weighted by Crippen LogP contribution is -2.59. The molecule has 0 bridgehead atoms. The molecular weight excluding hydrogens is 206 g/mol. The van der Waals surface area contributed by atoms with Crippen molar-refractivity contribution in [3.8, 4) is 0 Å². The predicted molar refractivity (Wildman–Crippen MR) is 61.2 cm³/mol. The van der Waals surface area contributed by atoms with E-state index in [0.717, 1.165) is 19.4 Å². The molecule has 5 heteroatoms. The minimum Gasteiger partial charge on any atom is -0.389 e. The van der Waals surface area contributed by atoms with E-state index in [1.807, 2.05) is 0 Å². The van der Waals surface area contributed by atoms with Gasteiger partial charge in [0, 0.05) is 6.04 Å². The molecule has 90 valence electrons. The molecule has 0 amide bonds. The fourth-order valence-corrected chi connectivity index (χ4v) is 2.83. The summed E-state index contributed by atoms with van der Waals surface area (Å²) >= 11 is 0. The lowest BCUT2D eigenvalue weighted by Gasteiger charge is -2.43. The standard InChI is InChI=1S/C11H19N3O2/c15-7-6-13-14-9-4-3-8-2-1-5-12-10(8)11(9)16/h6-12,14,16H,1-5H2. The Morgan fingerprint density at radius 2 is 2.25 bits per heavy atom. The molecule has 5 nitrogen and oxygen atoms in total. The van der Waals surface area contributed by atoms with Gasteiger partial charge in [-0.05, 0) is 38.1 Å². The fraction of sp³-hybridized carbons (Fsp3) is 0.818. The van der Waals surface area contributed by atoms with Crippen LogP contribution >= 0.6 is 0 Å². The van der Waals surface area contributed by atoms with Crippen molar-refractivity contribution in [2.24, 2.45) is 11.0 Å². The van der Waals surface area contributed by atoms with Gasteiger partial charge in [-0.15, -0.1) is 0 Å². The minimum atomic E-state index is -0.414. The molecule has 4 atom stereocenters. The number of hydrogen-bond donors (Lipinski definition) is 3. The zero-order valence-corrected chi connectivity index (χ0v) is 9.30. The summed E-state index contributed by atoms with van der Waals surface area (Å²) in [4.78, 5) is 10.1. The van der Waals surface area contributed by atoms with E-state index in [2.05, 4.69) is 15.8 Å². The number of hydrazone groups is 1. The van der Waals surface area contributed by atoms with Crippen LogP contribution in [0.4, 0.5) is 0 Å². The lowest BCUT2D eigenvalue weighted by atomic mass is 9.76. The van der Waals surface area contributed by atoms with Gasteiger partial charge < -0.3 is 15.8 Å². The fourth-order valence-electron chi connectivity index (χ4n) is 2.83. The molecule has 0 aromatic carbocycles. The number of aliphatic hydroxyl groups is 1. The van der Waals surface area contributed by atoms with Crippen LogP contribution < -0.4 is 10.7 Å². The number of piperidine rings is 1. The second-order valence-corrected chi connectivity index (χ2v) is 4.60. The number of carbonyl (C=O) groups excluding carboxylic acids is 1. The van der Waals surface area contributed by atoms with Gasteiger partial charge in [-0.3, -0.25) is 4.79 Å². The molecule has 16 heavy (non-hydrogen) atoms. The quantitative estimate of drug-likeness (QED) is 0.349. The maximum atomic E-state index is 10.2. The molecule has 1 aliphatic heterocycles. The Labute approximate surface area is 95.3 Å². The van der Waals surface area contributed by atoms with Crippen LogP contribution in [0, 0.1) is 5.92 Å². The van der Waals surface area contributed by atoms with Crippen molar-refractivity contribution >= 4 is 12.5 Å². The van der Waals surface area contributed by atoms with Crippen molar-refractivity contribution in [2.45, 2.75) is 43.9 Å². The summed E-state index contributed by atoms with van der Waals surface area (Å²) in [5, 5.41) is 17.3. The van der Waals surface area contributed by atoms with Crippen LogP contribution in [0.5, 0.6) is 0 Å². The second-order valence-electron chi connectivity index (χ2n) is 4.60. The Bertz CT molecular complexity index is 270. The van der Waals surface area contributed by atoms with E-state index in [1.54, 1.807) is 0 Å². The van der Waals surface area contributed by atoms with E-state index < -0.39 is 6.10 Å². The average molecular weight is 225 g/mol. The molecule has 2 rings (SSSR count). The number of nitrogens with one attached hydrogen (secondary N) is 2. The molecule has 1 aliphatic carbocycles. The topological polar surface area (TPSA) is 73.7 Å². The maximum Gasteiger partial charge on any atom is 0.162 e. The number of carbonyl (C=O) groups is 1. The lowest BCUT2D eigenvalue weighted by molar-refractivity contribution is -0.102. The van der Waals surface area contributed by atoms with Crippen molar-refractivity contribution in [2.75, 3.05) is 6.54 Å². The predicted octanol–water partition coefficient (Wildman–Crippen LogP) is -0.348. The first kappa shape index (κ1) is 11.5. The van der Waals surface area contributed by atoms with Crippen LogP contribution in [0.2, 0.25) is 0 Å². The van der Waals surface area contributed by atoms with Gasteiger partial charge in [-0.2, -0.15) is 5.10 Å². The van der Waals surface area contributed by atoms with Crippen molar-refractivity contribution in [1.82, 2.24) is 10.7 Å². The smallest absolute Gasteiger partial charge is 0.162 e. The Morgan fingerprint density at radius 3 is 3.06 bits per heavy atom. The van der Waals surface area contributed by atoms with Gasteiger partial charge in [0.1, 0.15) is 0 Å².